The smallest absolute Gasteiger partial charge is 0.326 e. The van der Waals surface area contributed by atoms with Gasteiger partial charge in [0.2, 0.25) is 0 Å². The highest BCUT2D eigenvalue weighted by molar-refractivity contribution is 6.12. The van der Waals surface area contributed by atoms with Crippen molar-refractivity contribution in [2.75, 3.05) is 11.9 Å². The molecule has 6 aromatic rings. The molecule has 0 aliphatic heterocycles. The van der Waals surface area contributed by atoms with Crippen LogP contribution in [-0.2, 0) is 17.6 Å². The Labute approximate surface area is 243 Å². The molecule has 6 rings (SSSR count). The fraction of sp³-hybridized carbons (Fsp3) is 0.111. The lowest BCUT2D eigenvalue weighted by Crippen LogP contribution is -2.32. The van der Waals surface area contributed by atoms with E-state index < -0.39 is 12.0 Å². The van der Waals surface area contributed by atoms with E-state index in [-0.39, 0.29) is 12.2 Å². The Kier molecular flexibility index (Phi) is 7.68. The van der Waals surface area contributed by atoms with Crippen LogP contribution in [0.1, 0.15) is 27.0 Å². The molecule has 6 heteroatoms. The van der Waals surface area contributed by atoms with Crippen LogP contribution in [0.15, 0.2) is 121 Å². The molecule has 3 N–H and O–H groups in total. The number of nitrogens with one attached hydrogen (secondary N) is 2. The van der Waals surface area contributed by atoms with E-state index in [1.165, 1.54) is 16.3 Å². The van der Waals surface area contributed by atoms with Crippen molar-refractivity contribution in [1.29, 1.82) is 0 Å². The summed E-state index contributed by atoms with van der Waals surface area (Å²) in [5, 5.41) is 15.5. The molecule has 0 radical (unpaired) electrons. The lowest BCUT2D eigenvalue weighted by atomic mass is 10.00. The molecule has 1 aromatic heterocycles. The van der Waals surface area contributed by atoms with Gasteiger partial charge >= 0.3 is 5.97 Å². The molecule has 0 bridgehead atoms. The molecule has 0 aliphatic rings. The number of carbonyl (C=O) groups excluding carboxylic acids is 1. The van der Waals surface area contributed by atoms with E-state index in [0.29, 0.717) is 23.4 Å². The zero-order valence-corrected chi connectivity index (χ0v) is 22.9. The summed E-state index contributed by atoms with van der Waals surface area (Å²) in [5.74, 6) is -0.432. The molecule has 6 nitrogen and oxygen atoms in total. The van der Waals surface area contributed by atoms with Gasteiger partial charge in [-0.25, -0.2) is 4.79 Å². The molecule has 0 fully saturated rings. The maximum absolute atomic E-state index is 13.1. The van der Waals surface area contributed by atoms with Gasteiger partial charge in [-0.1, -0.05) is 84.9 Å². The van der Waals surface area contributed by atoms with Crippen molar-refractivity contribution < 1.29 is 19.4 Å². The minimum absolute atomic E-state index is 0.161. The standard InChI is InChI=1S/C36H30N2O4/c39-35(26-8-2-1-3-9-26)30-11-5-7-13-32(30)38-34(36(40)41)23-24-14-17-27(18-15-24)42-21-20-25-16-19-29-28-10-4-6-12-31(28)37-33(29)22-25/h1-19,22,34,37-38H,20-21,23H2,(H,40,41). The molecule has 1 heterocycles. The molecule has 42 heavy (non-hydrogen) atoms. The van der Waals surface area contributed by atoms with Gasteiger partial charge in [-0.05, 0) is 47.5 Å². The third-order valence-corrected chi connectivity index (χ3v) is 7.43. The maximum atomic E-state index is 13.1. The molecular formula is C36H30N2O4. The van der Waals surface area contributed by atoms with Crippen LogP contribution in [0.25, 0.3) is 21.8 Å². The van der Waals surface area contributed by atoms with Crippen LogP contribution >= 0.6 is 0 Å². The quantitative estimate of drug-likeness (QED) is 0.146. The van der Waals surface area contributed by atoms with Gasteiger partial charge in [0.05, 0.1) is 6.61 Å². The number of ether oxygens (including phenoxy) is 1. The van der Waals surface area contributed by atoms with E-state index in [0.717, 1.165) is 28.8 Å². The van der Waals surface area contributed by atoms with Gasteiger partial charge in [0.1, 0.15) is 11.8 Å². The summed E-state index contributed by atoms with van der Waals surface area (Å²) >= 11 is 0. The third-order valence-electron chi connectivity index (χ3n) is 7.43. The van der Waals surface area contributed by atoms with E-state index in [2.05, 4.69) is 46.7 Å². The number of ketones is 1. The maximum Gasteiger partial charge on any atom is 0.326 e. The number of carboxylic acids is 1. The lowest BCUT2D eigenvalue weighted by molar-refractivity contribution is -0.137. The number of hydrogen-bond acceptors (Lipinski definition) is 4. The minimum Gasteiger partial charge on any atom is -0.493 e. The van der Waals surface area contributed by atoms with Crippen molar-refractivity contribution >= 4 is 39.2 Å². The molecule has 208 valence electrons. The van der Waals surface area contributed by atoms with E-state index >= 15 is 0 Å². The van der Waals surface area contributed by atoms with Crippen molar-refractivity contribution in [3.05, 3.63) is 144 Å². The van der Waals surface area contributed by atoms with Crippen LogP contribution in [0.4, 0.5) is 5.69 Å². The van der Waals surface area contributed by atoms with E-state index in [9.17, 15) is 14.7 Å². The Morgan fingerprint density at radius 1 is 0.738 bits per heavy atom. The Balaban J connectivity index is 1.07. The molecule has 1 unspecified atom stereocenters. The largest absolute Gasteiger partial charge is 0.493 e. The Hall–Kier alpha value is -5.36. The third kappa shape index (κ3) is 5.88. The summed E-state index contributed by atoms with van der Waals surface area (Å²) in [5.41, 5.74) is 5.75. The lowest BCUT2D eigenvalue weighted by Gasteiger charge is -2.18. The molecular weight excluding hydrogens is 524 g/mol. The van der Waals surface area contributed by atoms with Crippen molar-refractivity contribution in [2.24, 2.45) is 0 Å². The molecule has 0 spiro atoms. The Morgan fingerprint density at radius 2 is 1.43 bits per heavy atom. The number of para-hydroxylation sites is 2. The van der Waals surface area contributed by atoms with Crippen molar-refractivity contribution in [2.45, 2.75) is 18.9 Å². The number of benzene rings is 5. The summed E-state index contributed by atoms with van der Waals surface area (Å²) in [7, 11) is 0. The first kappa shape index (κ1) is 26.8. The monoisotopic (exact) mass is 554 g/mol. The van der Waals surface area contributed by atoms with E-state index in [1.54, 1.807) is 48.5 Å². The van der Waals surface area contributed by atoms with Crippen LogP contribution in [0.5, 0.6) is 5.75 Å². The van der Waals surface area contributed by atoms with Crippen LogP contribution in [0.3, 0.4) is 0 Å². The van der Waals surface area contributed by atoms with Crippen LogP contribution < -0.4 is 10.1 Å². The zero-order valence-electron chi connectivity index (χ0n) is 22.9. The minimum atomic E-state index is -0.996. The predicted octanol–water partition coefficient (Wildman–Crippen LogP) is 7.28. The van der Waals surface area contributed by atoms with Crippen molar-refractivity contribution in [3.8, 4) is 5.75 Å². The first-order chi connectivity index (χ1) is 20.5. The summed E-state index contributed by atoms with van der Waals surface area (Å²) < 4.78 is 5.99. The number of carboxylic acid groups (broad SMARTS) is 1. The van der Waals surface area contributed by atoms with E-state index in [4.69, 9.17) is 4.74 Å². The number of hydrogen-bond donors (Lipinski definition) is 3. The molecule has 0 saturated carbocycles. The van der Waals surface area contributed by atoms with Gasteiger partial charge in [0, 0.05) is 51.5 Å². The van der Waals surface area contributed by atoms with Gasteiger partial charge in [0.15, 0.2) is 5.78 Å². The second kappa shape index (κ2) is 12.0. The number of carbonyl (C=O) groups is 2. The second-order valence-electron chi connectivity index (χ2n) is 10.3. The number of aromatic nitrogens is 1. The average Bonchev–Trinajstić information content (AvgIpc) is 3.40. The van der Waals surface area contributed by atoms with Crippen LogP contribution in [0, 0.1) is 0 Å². The van der Waals surface area contributed by atoms with Gasteiger partial charge in [-0.15, -0.1) is 0 Å². The second-order valence-corrected chi connectivity index (χ2v) is 10.3. The summed E-state index contributed by atoms with van der Waals surface area (Å²) in [6.07, 6.45) is 1.01. The number of aromatic amines is 1. The normalized spacial score (nSPS) is 11.8. The topological polar surface area (TPSA) is 91.4 Å². The summed E-state index contributed by atoms with van der Waals surface area (Å²) in [6, 6.07) is 37.3. The molecule has 1 atom stereocenters. The number of H-pyrrole nitrogens is 1. The van der Waals surface area contributed by atoms with Crippen LogP contribution in [0.2, 0.25) is 0 Å². The van der Waals surface area contributed by atoms with Crippen LogP contribution in [-0.4, -0.2) is 34.5 Å². The molecule has 0 saturated heterocycles. The van der Waals surface area contributed by atoms with Crippen molar-refractivity contribution in [1.82, 2.24) is 4.98 Å². The van der Waals surface area contributed by atoms with Gasteiger partial charge in [-0.3, -0.25) is 4.79 Å². The highest BCUT2D eigenvalue weighted by Crippen LogP contribution is 2.26. The fourth-order valence-electron chi connectivity index (χ4n) is 5.24. The fourth-order valence-corrected chi connectivity index (χ4v) is 5.24. The summed E-state index contributed by atoms with van der Waals surface area (Å²) in [4.78, 5) is 28.7. The predicted molar refractivity (Wildman–Crippen MR) is 167 cm³/mol. The highest BCUT2D eigenvalue weighted by Gasteiger charge is 2.21. The van der Waals surface area contributed by atoms with Crippen molar-refractivity contribution in [3.63, 3.8) is 0 Å². The average molecular weight is 555 g/mol. The SMILES string of the molecule is O=C(c1ccccc1)c1ccccc1NC(Cc1ccc(OCCc2ccc3c(c2)[nH]c2ccccc23)cc1)C(=O)O. The number of aliphatic carboxylic acids is 1. The molecule has 0 amide bonds. The summed E-state index contributed by atoms with van der Waals surface area (Å²) in [6.45, 7) is 0.524. The van der Waals surface area contributed by atoms with Gasteiger partial charge < -0.3 is 20.1 Å². The number of rotatable bonds is 11. The molecule has 5 aromatic carbocycles. The highest BCUT2D eigenvalue weighted by atomic mass is 16.5. The first-order valence-corrected chi connectivity index (χ1v) is 13.9. The van der Waals surface area contributed by atoms with Gasteiger partial charge in [0.25, 0.3) is 0 Å². The van der Waals surface area contributed by atoms with E-state index in [1.807, 2.05) is 36.4 Å². The zero-order chi connectivity index (χ0) is 28.9. The Morgan fingerprint density at radius 3 is 2.24 bits per heavy atom. The van der Waals surface area contributed by atoms with Gasteiger partial charge in [-0.2, -0.15) is 0 Å². The Bertz CT molecular complexity index is 1860. The number of anilines is 1. The first-order valence-electron chi connectivity index (χ1n) is 13.9. The molecule has 0 aliphatic carbocycles. The number of fused-ring (bicyclic) bond motifs is 3.